The Kier molecular flexibility index (Phi) is 5.20. The van der Waals surface area contributed by atoms with Crippen LogP contribution in [0, 0.1) is 6.92 Å². The van der Waals surface area contributed by atoms with Crippen LogP contribution in [0.5, 0.6) is 0 Å². The van der Waals surface area contributed by atoms with Crippen LogP contribution >= 0.6 is 11.3 Å². The third kappa shape index (κ3) is 3.87. The monoisotopic (exact) mass is 419 g/mol. The van der Waals surface area contributed by atoms with E-state index in [2.05, 4.69) is 20.3 Å². The second-order valence-electron chi connectivity index (χ2n) is 6.75. The number of benzene rings is 2. The van der Waals surface area contributed by atoms with Gasteiger partial charge in [-0.05, 0) is 32.0 Å². The van der Waals surface area contributed by atoms with Gasteiger partial charge in [-0.2, -0.15) is 20.3 Å². The highest BCUT2D eigenvalue weighted by Crippen LogP contribution is 2.31. The van der Waals surface area contributed by atoms with Crippen LogP contribution in [-0.4, -0.2) is 33.7 Å². The minimum Gasteiger partial charge on any atom is -0.478 e. The molecule has 0 fully saturated rings. The van der Waals surface area contributed by atoms with Crippen molar-refractivity contribution in [1.29, 1.82) is 0 Å². The molecule has 0 unspecified atom stereocenters. The second kappa shape index (κ2) is 7.96. The first-order valence-electron chi connectivity index (χ1n) is 9.08. The average molecular weight is 419 g/mol. The van der Waals surface area contributed by atoms with Gasteiger partial charge < -0.3 is 5.11 Å². The normalized spacial score (nSPS) is 16.3. The van der Waals surface area contributed by atoms with E-state index in [1.807, 2.05) is 36.6 Å². The molecule has 1 aromatic heterocycles. The third-order valence-corrected chi connectivity index (χ3v) is 5.31. The van der Waals surface area contributed by atoms with E-state index in [0.717, 1.165) is 16.8 Å². The standard InChI is InChI=1S/C21H17N5O3S/c1-12-6-8-14(9-7-12)17-11-30-21(22-17)26-19(27)18(13(2)25-26)24-23-16-5-3-4-15(10-16)20(28)29/h3-11,18H,1-2H3,(H,28,29)/t18-/m1/s1. The Morgan fingerprint density at radius 3 is 2.67 bits per heavy atom. The molecule has 1 aliphatic heterocycles. The van der Waals surface area contributed by atoms with Gasteiger partial charge >= 0.3 is 5.97 Å². The molecule has 3 aromatic rings. The van der Waals surface area contributed by atoms with Crippen molar-refractivity contribution in [2.75, 3.05) is 5.01 Å². The number of carbonyl (C=O) groups excluding carboxylic acids is 1. The van der Waals surface area contributed by atoms with Crippen molar-refractivity contribution in [2.24, 2.45) is 15.3 Å². The fraction of sp³-hybridized carbons (Fsp3) is 0.143. The molecule has 1 aliphatic rings. The number of nitrogens with zero attached hydrogens (tertiary/aromatic N) is 5. The van der Waals surface area contributed by atoms with Crippen LogP contribution in [0.1, 0.15) is 22.8 Å². The number of aryl methyl sites for hydroxylation is 1. The van der Waals surface area contributed by atoms with Crippen molar-refractivity contribution in [2.45, 2.75) is 19.9 Å². The Morgan fingerprint density at radius 2 is 1.93 bits per heavy atom. The summed E-state index contributed by atoms with van der Waals surface area (Å²) in [5.74, 6) is -1.41. The Labute approximate surface area is 176 Å². The first kappa shape index (κ1) is 19.6. The topological polar surface area (TPSA) is 108 Å². The first-order chi connectivity index (χ1) is 14.4. The molecule has 0 bridgehead atoms. The van der Waals surface area contributed by atoms with Gasteiger partial charge in [0.15, 0.2) is 6.04 Å². The van der Waals surface area contributed by atoms with Crippen LogP contribution in [0.3, 0.4) is 0 Å². The molecule has 1 amide bonds. The number of hydrazone groups is 1. The van der Waals surface area contributed by atoms with E-state index in [4.69, 9.17) is 5.11 Å². The number of carboxylic acids is 1. The molecule has 1 atom stereocenters. The molecule has 8 nitrogen and oxygen atoms in total. The quantitative estimate of drug-likeness (QED) is 0.605. The fourth-order valence-electron chi connectivity index (χ4n) is 2.87. The van der Waals surface area contributed by atoms with Gasteiger partial charge in [0, 0.05) is 10.9 Å². The zero-order chi connectivity index (χ0) is 21.3. The van der Waals surface area contributed by atoms with Gasteiger partial charge in [-0.25, -0.2) is 9.78 Å². The second-order valence-corrected chi connectivity index (χ2v) is 7.58. The number of thiazole rings is 1. The molecule has 150 valence electrons. The Morgan fingerprint density at radius 1 is 1.17 bits per heavy atom. The summed E-state index contributed by atoms with van der Waals surface area (Å²) in [7, 11) is 0. The van der Waals surface area contributed by atoms with Crippen molar-refractivity contribution in [1.82, 2.24) is 4.98 Å². The summed E-state index contributed by atoms with van der Waals surface area (Å²) in [6.45, 7) is 3.72. The van der Waals surface area contributed by atoms with E-state index in [9.17, 15) is 9.59 Å². The zero-order valence-electron chi connectivity index (χ0n) is 16.2. The molecule has 0 saturated heterocycles. The summed E-state index contributed by atoms with van der Waals surface area (Å²) >= 11 is 1.32. The lowest BCUT2D eigenvalue weighted by Gasteiger charge is -2.08. The predicted octanol–water partition coefficient (Wildman–Crippen LogP) is 4.69. The molecular formula is C21H17N5O3S. The highest BCUT2D eigenvalue weighted by atomic mass is 32.1. The highest BCUT2D eigenvalue weighted by molar-refractivity contribution is 7.14. The lowest BCUT2D eigenvalue weighted by molar-refractivity contribution is -0.117. The van der Waals surface area contributed by atoms with Crippen LogP contribution in [0.25, 0.3) is 11.3 Å². The van der Waals surface area contributed by atoms with E-state index < -0.39 is 12.0 Å². The SMILES string of the molecule is CC1=NN(c2nc(-c3ccc(C)cc3)cs2)C(=O)[C@@H]1N=Nc1cccc(C(=O)O)c1. The number of azo groups is 1. The van der Waals surface area contributed by atoms with Gasteiger partial charge in [0.2, 0.25) is 5.13 Å². The van der Waals surface area contributed by atoms with Crippen LogP contribution in [0.4, 0.5) is 10.8 Å². The van der Waals surface area contributed by atoms with E-state index in [-0.39, 0.29) is 11.5 Å². The maximum absolute atomic E-state index is 12.8. The molecular weight excluding hydrogens is 402 g/mol. The van der Waals surface area contributed by atoms with E-state index >= 15 is 0 Å². The van der Waals surface area contributed by atoms with Crippen molar-refractivity contribution >= 4 is 39.7 Å². The smallest absolute Gasteiger partial charge is 0.335 e. The predicted molar refractivity (Wildman–Crippen MR) is 115 cm³/mol. The van der Waals surface area contributed by atoms with Gasteiger partial charge in [0.05, 0.1) is 22.7 Å². The summed E-state index contributed by atoms with van der Waals surface area (Å²) in [4.78, 5) is 28.5. The van der Waals surface area contributed by atoms with Crippen molar-refractivity contribution in [3.05, 3.63) is 65.0 Å². The molecule has 9 heteroatoms. The lowest BCUT2D eigenvalue weighted by atomic mass is 10.1. The number of carboxylic acid groups (broad SMARTS) is 1. The molecule has 0 spiro atoms. The van der Waals surface area contributed by atoms with E-state index in [1.165, 1.54) is 28.5 Å². The third-order valence-electron chi connectivity index (χ3n) is 4.50. The molecule has 0 aliphatic carbocycles. The molecule has 1 N–H and O–H groups in total. The largest absolute Gasteiger partial charge is 0.478 e. The summed E-state index contributed by atoms with van der Waals surface area (Å²) < 4.78 is 0. The summed E-state index contributed by atoms with van der Waals surface area (Å²) in [5, 5.41) is 25.1. The number of anilines is 1. The first-order valence-corrected chi connectivity index (χ1v) is 9.96. The van der Waals surface area contributed by atoms with Gasteiger partial charge in [-0.1, -0.05) is 35.9 Å². The summed E-state index contributed by atoms with van der Waals surface area (Å²) in [5.41, 5.74) is 3.83. The Bertz CT molecular complexity index is 1180. The van der Waals surface area contributed by atoms with E-state index in [1.54, 1.807) is 19.1 Å². The minimum absolute atomic E-state index is 0.0997. The lowest BCUT2D eigenvalue weighted by Crippen LogP contribution is -2.29. The number of aromatic carboxylic acids is 1. The van der Waals surface area contributed by atoms with Gasteiger partial charge in [-0.3, -0.25) is 4.79 Å². The van der Waals surface area contributed by atoms with Crippen LogP contribution in [0.15, 0.2) is 69.2 Å². The Hall–Kier alpha value is -3.72. The molecule has 30 heavy (non-hydrogen) atoms. The van der Waals surface area contributed by atoms with Gasteiger partial charge in [0.25, 0.3) is 5.91 Å². The van der Waals surface area contributed by atoms with Crippen molar-refractivity contribution in [3.63, 3.8) is 0 Å². The number of rotatable bonds is 5. The molecule has 2 heterocycles. The van der Waals surface area contributed by atoms with Crippen molar-refractivity contribution in [3.8, 4) is 11.3 Å². The van der Waals surface area contributed by atoms with Crippen LogP contribution < -0.4 is 5.01 Å². The molecule has 0 radical (unpaired) electrons. The van der Waals surface area contributed by atoms with Gasteiger partial charge in [0.1, 0.15) is 0 Å². The number of carbonyl (C=O) groups is 2. The van der Waals surface area contributed by atoms with Crippen LogP contribution in [-0.2, 0) is 4.79 Å². The van der Waals surface area contributed by atoms with Gasteiger partial charge in [-0.15, -0.1) is 11.3 Å². The molecule has 0 saturated carbocycles. The minimum atomic E-state index is -1.05. The number of hydrogen-bond donors (Lipinski definition) is 1. The maximum Gasteiger partial charge on any atom is 0.335 e. The van der Waals surface area contributed by atoms with Crippen LogP contribution in [0.2, 0.25) is 0 Å². The molecule has 4 rings (SSSR count). The van der Waals surface area contributed by atoms with Crippen molar-refractivity contribution < 1.29 is 14.7 Å². The molecule has 2 aromatic carbocycles. The number of hydrogen-bond acceptors (Lipinski definition) is 7. The Balaban J connectivity index is 1.53. The average Bonchev–Trinajstić information content (AvgIpc) is 3.32. The fourth-order valence-corrected chi connectivity index (χ4v) is 3.66. The highest BCUT2D eigenvalue weighted by Gasteiger charge is 2.36. The number of aromatic nitrogens is 1. The summed E-state index contributed by atoms with van der Waals surface area (Å²) in [6.07, 6.45) is 0. The number of amides is 1. The zero-order valence-corrected chi connectivity index (χ0v) is 17.0. The maximum atomic E-state index is 12.8. The van der Waals surface area contributed by atoms with E-state index in [0.29, 0.717) is 16.5 Å². The summed E-state index contributed by atoms with van der Waals surface area (Å²) in [6, 6.07) is 13.2.